The highest BCUT2D eigenvalue weighted by atomic mass is 19.1. The molecule has 0 saturated heterocycles. The van der Waals surface area contributed by atoms with E-state index < -0.39 is 17.6 Å². The maximum atomic E-state index is 14.5. The smallest absolute Gasteiger partial charge is 0.252 e. The molecule has 25 heavy (non-hydrogen) atoms. The third-order valence-corrected chi connectivity index (χ3v) is 3.96. The van der Waals surface area contributed by atoms with E-state index in [2.05, 4.69) is 0 Å². The first kappa shape index (κ1) is 16.4. The molecule has 0 unspecified atom stereocenters. The molecule has 4 N–H and O–H groups in total. The van der Waals surface area contributed by atoms with Crippen molar-refractivity contribution in [3.63, 3.8) is 0 Å². The normalized spacial score (nSPS) is 10.4. The molecule has 0 aliphatic carbocycles. The number of halogens is 1. The van der Waals surface area contributed by atoms with Crippen molar-refractivity contribution >= 4 is 11.8 Å². The SMILES string of the molecule is NC(=O)c1ccc(-c2ccc(-c3ccccc3)cc2)c(C(N)=O)c1F. The molecule has 0 bridgehead atoms. The summed E-state index contributed by atoms with van der Waals surface area (Å²) in [4.78, 5) is 23.0. The molecule has 3 aromatic carbocycles. The van der Waals surface area contributed by atoms with E-state index in [1.807, 2.05) is 42.5 Å². The molecule has 124 valence electrons. The average Bonchev–Trinajstić information content (AvgIpc) is 2.61. The van der Waals surface area contributed by atoms with Crippen molar-refractivity contribution in [3.8, 4) is 22.3 Å². The average molecular weight is 334 g/mol. The van der Waals surface area contributed by atoms with Gasteiger partial charge in [0.15, 0.2) is 0 Å². The fourth-order valence-electron chi connectivity index (χ4n) is 2.72. The second kappa shape index (κ2) is 6.57. The summed E-state index contributed by atoms with van der Waals surface area (Å²) in [7, 11) is 0. The van der Waals surface area contributed by atoms with Crippen molar-refractivity contribution < 1.29 is 14.0 Å². The standard InChI is InChI=1S/C20H15FN2O2/c21-18-16(19(22)24)11-10-15(17(18)20(23)25)14-8-6-13(7-9-14)12-4-2-1-3-5-12/h1-11H,(H2,22,24)(H2,23,25). The van der Waals surface area contributed by atoms with Gasteiger partial charge < -0.3 is 11.5 Å². The predicted octanol–water partition coefficient (Wildman–Crippen LogP) is 3.36. The molecule has 3 aromatic rings. The van der Waals surface area contributed by atoms with E-state index in [1.54, 1.807) is 12.1 Å². The molecule has 4 nitrogen and oxygen atoms in total. The first-order chi connectivity index (χ1) is 12.0. The van der Waals surface area contributed by atoms with Crippen LogP contribution in [-0.4, -0.2) is 11.8 Å². The van der Waals surface area contributed by atoms with E-state index in [-0.39, 0.29) is 11.1 Å². The molecule has 2 amide bonds. The van der Waals surface area contributed by atoms with Gasteiger partial charge in [-0.15, -0.1) is 0 Å². The van der Waals surface area contributed by atoms with Gasteiger partial charge in [0.2, 0.25) is 0 Å². The fraction of sp³-hybridized carbons (Fsp3) is 0. The van der Waals surface area contributed by atoms with E-state index in [1.165, 1.54) is 12.1 Å². The van der Waals surface area contributed by atoms with Crippen molar-refractivity contribution in [3.05, 3.63) is 83.7 Å². The van der Waals surface area contributed by atoms with Crippen LogP contribution in [-0.2, 0) is 0 Å². The van der Waals surface area contributed by atoms with Crippen LogP contribution in [0.3, 0.4) is 0 Å². The van der Waals surface area contributed by atoms with Crippen LogP contribution in [0.4, 0.5) is 4.39 Å². The van der Waals surface area contributed by atoms with Crippen LogP contribution in [0.5, 0.6) is 0 Å². The van der Waals surface area contributed by atoms with Crippen molar-refractivity contribution in [2.45, 2.75) is 0 Å². The number of benzene rings is 3. The summed E-state index contributed by atoms with van der Waals surface area (Å²) in [6.07, 6.45) is 0. The van der Waals surface area contributed by atoms with E-state index in [4.69, 9.17) is 11.5 Å². The maximum absolute atomic E-state index is 14.5. The molecule has 0 aliphatic rings. The Morgan fingerprint density at radius 2 is 1.24 bits per heavy atom. The zero-order valence-corrected chi connectivity index (χ0v) is 13.2. The molecule has 3 rings (SSSR count). The summed E-state index contributed by atoms with van der Waals surface area (Å²) in [6.45, 7) is 0. The number of carbonyl (C=O) groups is 2. The highest BCUT2D eigenvalue weighted by Crippen LogP contribution is 2.29. The van der Waals surface area contributed by atoms with Gasteiger partial charge >= 0.3 is 0 Å². The summed E-state index contributed by atoms with van der Waals surface area (Å²) < 4.78 is 14.5. The Morgan fingerprint density at radius 1 is 0.680 bits per heavy atom. The van der Waals surface area contributed by atoms with Crippen LogP contribution in [0.2, 0.25) is 0 Å². The van der Waals surface area contributed by atoms with E-state index in [9.17, 15) is 14.0 Å². The number of rotatable bonds is 4. The minimum atomic E-state index is -0.996. The second-order valence-electron chi connectivity index (χ2n) is 5.52. The van der Waals surface area contributed by atoms with Crippen LogP contribution < -0.4 is 11.5 Å². The molecule has 0 saturated carbocycles. The quantitative estimate of drug-likeness (QED) is 0.766. The molecule has 0 aliphatic heterocycles. The zero-order valence-electron chi connectivity index (χ0n) is 13.2. The largest absolute Gasteiger partial charge is 0.366 e. The third-order valence-electron chi connectivity index (χ3n) is 3.96. The molecule has 0 heterocycles. The van der Waals surface area contributed by atoms with E-state index >= 15 is 0 Å². The molecule has 5 heteroatoms. The van der Waals surface area contributed by atoms with Gasteiger partial charge in [-0.05, 0) is 28.3 Å². The zero-order chi connectivity index (χ0) is 18.0. The van der Waals surface area contributed by atoms with Crippen LogP contribution in [0, 0.1) is 5.82 Å². The minimum Gasteiger partial charge on any atom is -0.366 e. The number of hydrogen-bond donors (Lipinski definition) is 2. The fourth-order valence-corrected chi connectivity index (χ4v) is 2.72. The lowest BCUT2D eigenvalue weighted by Crippen LogP contribution is -2.20. The van der Waals surface area contributed by atoms with E-state index in [0.717, 1.165) is 11.1 Å². The summed E-state index contributed by atoms with van der Waals surface area (Å²) in [5.41, 5.74) is 12.7. The second-order valence-corrected chi connectivity index (χ2v) is 5.52. The van der Waals surface area contributed by atoms with Crippen LogP contribution in [0.25, 0.3) is 22.3 Å². The number of nitrogens with two attached hydrogens (primary N) is 2. The monoisotopic (exact) mass is 334 g/mol. The van der Waals surface area contributed by atoms with Crippen molar-refractivity contribution in [2.24, 2.45) is 11.5 Å². The molecule has 0 radical (unpaired) electrons. The Morgan fingerprint density at radius 3 is 1.80 bits per heavy atom. The molecular formula is C20H15FN2O2. The van der Waals surface area contributed by atoms with Crippen molar-refractivity contribution in [1.82, 2.24) is 0 Å². The number of hydrogen-bond acceptors (Lipinski definition) is 2. The maximum Gasteiger partial charge on any atom is 0.252 e. The topological polar surface area (TPSA) is 86.2 Å². The summed E-state index contributed by atoms with van der Waals surface area (Å²) >= 11 is 0. The highest BCUT2D eigenvalue weighted by molar-refractivity contribution is 6.04. The predicted molar refractivity (Wildman–Crippen MR) is 94.3 cm³/mol. The Hall–Kier alpha value is -3.47. The van der Waals surface area contributed by atoms with Gasteiger partial charge in [-0.25, -0.2) is 4.39 Å². The number of carbonyl (C=O) groups excluding carboxylic acids is 2. The summed E-state index contributed by atoms with van der Waals surface area (Å²) in [5, 5.41) is 0. The van der Waals surface area contributed by atoms with Gasteiger partial charge in [-0.1, -0.05) is 60.7 Å². The number of amides is 2. The molecule has 0 aromatic heterocycles. The van der Waals surface area contributed by atoms with Crippen molar-refractivity contribution in [1.29, 1.82) is 0 Å². The Kier molecular flexibility index (Phi) is 4.31. The minimum absolute atomic E-state index is 0.314. The Balaban J connectivity index is 2.09. The van der Waals surface area contributed by atoms with Gasteiger partial charge in [0.25, 0.3) is 11.8 Å². The lowest BCUT2D eigenvalue weighted by Gasteiger charge is -2.11. The van der Waals surface area contributed by atoms with Gasteiger partial charge in [-0.2, -0.15) is 0 Å². The van der Waals surface area contributed by atoms with Crippen LogP contribution >= 0.6 is 0 Å². The Labute approximate surface area is 143 Å². The first-order valence-electron chi connectivity index (χ1n) is 7.57. The van der Waals surface area contributed by atoms with Gasteiger partial charge in [0, 0.05) is 0 Å². The lowest BCUT2D eigenvalue weighted by molar-refractivity contribution is 0.0994. The summed E-state index contributed by atoms with van der Waals surface area (Å²) in [6, 6.07) is 19.8. The van der Waals surface area contributed by atoms with Gasteiger partial charge in [0.1, 0.15) is 5.82 Å². The Bertz CT molecular complexity index is 951. The number of primary amides is 2. The van der Waals surface area contributed by atoms with Gasteiger partial charge in [0.05, 0.1) is 11.1 Å². The highest BCUT2D eigenvalue weighted by Gasteiger charge is 2.21. The van der Waals surface area contributed by atoms with Gasteiger partial charge in [-0.3, -0.25) is 9.59 Å². The molecule has 0 spiro atoms. The molecular weight excluding hydrogens is 319 g/mol. The van der Waals surface area contributed by atoms with Crippen LogP contribution in [0.15, 0.2) is 66.7 Å². The van der Waals surface area contributed by atoms with E-state index in [0.29, 0.717) is 11.1 Å². The first-order valence-corrected chi connectivity index (χ1v) is 7.57. The molecule has 0 atom stereocenters. The summed E-state index contributed by atoms with van der Waals surface area (Å²) in [5.74, 6) is -2.90. The molecule has 0 fully saturated rings. The van der Waals surface area contributed by atoms with Crippen molar-refractivity contribution in [2.75, 3.05) is 0 Å². The van der Waals surface area contributed by atoms with Crippen LogP contribution in [0.1, 0.15) is 20.7 Å². The third kappa shape index (κ3) is 3.12. The lowest BCUT2D eigenvalue weighted by atomic mass is 9.94.